The van der Waals surface area contributed by atoms with Gasteiger partial charge in [-0.25, -0.2) is 9.18 Å². The first-order valence-corrected chi connectivity index (χ1v) is 9.28. The van der Waals surface area contributed by atoms with Crippen molar-refractivity contribution in [1.29, 1.82) is 0 Å². The van der Waals surface area contributed by atoms with Gasteiger partial charge in [-0.05, 0) is 60.9 Å². The lowest BCUT2D eigenvalue weighted by Crippen LogP contribution is -2.30. The number of urea groups is 1. The molecular weight excluding hydrogens is 329 g/mol. The molecule has 2 amide bonds. The predicted molar refractivity (Wildman–Crippen MR) is 100 cm³/mol. The Morgan fingerprint density at radius 2 is 1.77 bits per heavy atom. The van der Waals surface area contributed by atoms with Crippen molar-refractivity contribution in [1.82, 2.24) is 4.90 Å². The zero-order chi connectivity index (χ0) is 18.1. The van der Waals surface area contributed by atoms with Gasteiger partial charge in [0.15, 0.2) is 0 Å². The number of anilines is 1. The van der Waals surface area contributed by atoms with Crippen LogP contribution in [0.1, 0.15) is 48.3 Å². The van der Waals surface area contributed by atoms with Crippen molar-refractivity contribution in [2.24, 2.45) is 5.73 Å². The van der Waals surface area contributed by atoms with Gasteiger partial charge in [-0.15, -0.1) is 0 Å². The fourth-order valence-electron chi connectivity index (χ4n) is 4.02. The normalized spacial score (nSPS) is 22.2. The van der Waals surface area contributed by atoms with E-state index in [1.54, 1.807) is 11.0 Å². The predicted octanol–water partition coefficient (Wildman–Crippen LogP) is 4.36. The van der Waals surface area contributed by atoms with Crippen molar-refractivity contribution in [2.75, 3.05) is 5.32 Å². The summed E-state index contributed by atoms with van der Waals surface area (Å²) in [6.07, 6.45) is 4.42. The number of nitrogens with zero attached hydrogens (tertiary/aromatic N) is 1. The summed E-state index contributed by atoms with van der Waals surface area (Å²) in [5.74, 6) is 0.324. The minimum atomic E-state index is -0.241. The lowest BCUT2D eigenvalue weighted by molar-refractivity contribution is 0.212. The van der Waals surface area contributed by atoms with Crippen LogP contribution in [0, 0.1) is 5.82 Å². The number of benzene rings is 2. The SMILES string of the molecule is NC1CCC(c2ccc(NC(=O)N3Cc4cccc(F)c4C3)cc2)CC1. The van der Waals surface area contributed by atoms with Gasteiger partial charge in [-0.2, -0.15) is 0 Å². The minimum absolute atomic E-state index is 0.197. The van der Waals surface area contributed by atoms with Crippen molar-refractivity contribution < 1.29 is 9.18 Å². The van der Waals surface area contributed by atoms with Gasteiger partial charge in [0.2, 0.25) is 0 Å². The summed E-state index contributed by atoms with van der Waals surface area (Å²) in [5.41, 5.74) is 9.56. The van der Waals surface area contributed by atoms with E-state index in [1.165, 1.54) is 11.6 Å². The van der Waals surface area contributed by atoms with Crippen LogP contribution < -0.4 is 11.1 Å². The van der Waals surface area contributed by atoms with Crippen molar-refractivity contribution in [2.45, 2.75) is 50.7 Å². The number of amides is 2. The number of nitrogens with one attached hydrogen (secondary N) is 1. The zero-order valence-corrected chi connectivity index (χ0v) is 14.7. The van der Waals surface area contributed by atoms with Gasteiger partial charge in [0.25, 0.3) is 0 Å². The van der Waals surface area contributed by atoms with Crippen LogP contribution >= 0.6 is 0 Å². The molecule has 0 bridgehead atoms. The van der Waals surface area contributed by atoms with E-state index >= 15 is 0 Å². The smallest absolute Gasteiger partial charge is 0.322 e. The summed E-state index contributed by atoms with van der Waals surface area (Å²) in [4.78, 5) is 14.1. The maximum absolute atomic E-state index is 13.8. The molecule has 2 aliphatic rings. The number of hydrogen-bond donors (Lipinski definition) is 2. The summed E-state index contributed by atoms with van der Waals surface area (Å²) in [6.45, 7) is 0.758. The quantitative estimate of drug-likeness (QED) is 0.843. The second-order valence-corrected chi connectivity index (χ2v) is 7.40. The molecule has 1 heterocycles. The molecule has 0 unspecified atom stereocenters. The summed E-state index contributed by atoms with van der Waals surface area (Å²) in [6, 6.07) is 13.2. The third-order valence-electron chi connectivity index (χ3n) is 5.62. The van der Waals surface area contributed by atoms with Gasteiger partial charge in [0.1, 0.15) is 5.82 Å². The molecule has 0 saturated heterocycles. The van der Waals surface area contributed by atoms with Gasteiger partial charge in [-0.3, -0.25) is 0 Å². The van der Waals surface area contributed by atoms with Gasteiger partial charge in [0, 0.05) is 23.8 Å². The van der Waals surface area contributed by atoms with E-state index in [9.17, 15) is 9.18 Å². The molecule has 0 aromatic heterocycles. The molecule has 4 rings (SSSR count). The highest BCUT2D eigenvalue weighted by molar-refractivity contribution is 5.89. The molecule has 136 valence electrons. The second kappa shape index (κ2) is 7.08. The largest absolute Gasteiger partial charge is 0.328 e. The van der Waals surface area contributed by atoms with Crippen LogP contribution in [-0.4, -0.2) is 17.0 Å². The van der Waals surface area contributed by atoms with E-state index in [0.29, 0.717) is 30.6 Å². The molecule has 5 heteroatoms. The molecule has 1 fully saturated rings. The Balaban J connectivity index is 1.37. The third kappa shape index (κ3) is 3.44. The molecule has 1 saturated carbocycles. The molecule has 2 aromatic rings. The van der Waals surface area contributed by atoms with Crippen molar-refractivity contribution >= 4 is 11.7 Å². The first-order chi connectivity index (χ1) is 12.6. The maximum Gasteiger partial charge on any atom is 0.322 e. The molecule has 0 radical (unpaired) electrons. The van der Waals surface area contributed by atoms with Crippen LogP contribution in [0.2, 0.25) is 0 Å². The van der Waals surface area contributed by atoms with E-state index in [2.05, 4.69) is 17.4 Å². The number of nitrogens with two attached hydrogens (primary N) is 1. The molecule has 0 atom stereocenters. The molecule has 1 aliphatic carbocycles. The number of rotatable bonds is 2. The molecular formula is C21H24FN3O. The van der Waals surface area contributed by atoms with Gasteiger partial charge < -0.3 is 16.0 Å². The van der Waals surface area contributed by atoms with E-state index < -0.39 is 0 Å². The Morgan fingerprint density at radius 3 is 2.46 bits per heavy atom. The van der Waals surface area contributed by atoms with E-state index in [0.717, 1.165) is 36.9 Å². The fraction of sp³-hybridized carbons (Fsp3) is 0.381. The van der Waals surface area contributed by atoms with Crippen LogP contribution in [0.4, 0.5) is 14.9 Å². The third-order valence-corrected chi connectivity index (χ3v) is 5.62. The first kappa shape index (κ1) is 17.0. The Hall–Kier alpha value is -2.40. The van der Waals surface area contributed by atoms with Crippen LogP contribution in [0.15, 0.2) is 42.5 Å². The standard InChI is InChI=1S/C21H24FN3O/c22-20-3-1-2-16-12-25(13-19(16)20)21(26)24-18-10-6-15(7-11-18)14-4-8-17(23)9-5-14/h1-3,6-7,10-11,14,17H,4-5,8-9,12-13,23H2,(H,24,26). The summed E-state index contributed by atoms with van der Waals surface area (Å²) in [7, 11) is 0. The summed E-state index contributed by atoms with van der Waals surface area (Å²) < 4.78 is 13.8. The molecule has 4 nitrogen and oxygen atoms in total. The Labute approximate surface area is 153 Å². The van der Waals surface area contributed by atoms with E-state index in [-0.39, 0.29) is 11.8 Å². The molecule has 1 aliphatic heterocycles. The highest BCUT2D eigenvalue weighted by atomic mass is 19.1. The van der Waals surface area contributed by atoms with E-state index in [4.69, 9.17) is 5.73 Å². The highest BCUT2D eigenvalue weighted by Gasteiger charge is 2.26. The lowest BCUT2D eigenvalue weighted by atomic mass is 9.82. The highest BCUT2D eigenvalue weighted by Crippen LogP contribution is 2.33. The Morgan fingerprint density at radius 1 is 1.04 bits per heavy atom. The number of halogens is 1. The fourth-order valence-corrected chi connectivity index (χ4v) is 4.02. The topological polar surface area (TPSA) is 58.4 Å². The summed E-state index contributed by atoms with van der Waals surface area (Å²) >= 11 is 0. The molecule has 3 N–H and O–H groups in total. The van der Waals surface area contributed by atoms with Crippen molar-refractivity contribution in [3.63, 3.8) is 0 Å². The monoisotopic (exact) mass is 353 g/mol. The van der Waals surface area contributed by atoms with E-state index in [1.807, 2.05) is 18.2 Å². The number of carbonyl (C=O) groups excluding carboxylic acids is 1. The van der Waals surface area contributed by atoms with Gasteiger partial charge >= 0.3 is 6.03 Å². The van der Waals surface area contributed by atoms with Crippen molar-refractivity contribution in [3.8, 4) is 0 Å². The average Bonchev–Trinajstić information content (AvgIpc) is 3.09. The van der Waals surface area contributed by atoms with Gasteiger partial charge in [-0.1, -0.05) is 24.3 Å². The number of carbonyl (C=O) groups is 1. The number of fused-ring (bicyclic) bond motifs is 1. The average molecular weight is 353 g/mol. The Kier molecular flexibility index (Phi) is 4.64. The summed E-state index contributed by atoms with van der Waals surface area (Å²) in [5, 5.41) is 2.92. The molecule has 26 heavy (non-hydrogen) atoms. The van der Waals surface area contributed by atoms with Crippen LogP contribution in [-0.2, 0) is 13.1 Å². The zero-order valence-electron chi connectivity index (χ0n) is 14.7. The number of hydrogen-bond acceptors (Lipinski definition) is 2. The van der Waals surface area contributed by atoms with Crippen LogP contribution in [0.5, 0.6) is 0 Å². The molecule has 0 spiro atoms. The Bertz CT molecular complexity index is 797. The maximum atomic E-state index is 13.8. The molecule has 2 aromatic carbocycles. The minimum Gasteiger partial charge on any atom is -0.328 e. The lowest BCUT2D eigenvalue weighted by Gasteiger charge is -2.26. The first-order valence-electron chi connectivity index (χ1n) is 9.28. The van der Waals surface area contributed by atoms with Gasteiger partial charge in [0.05, 0.1) is 6.54 Å². The second-order valence-electron chi connectivity index (χ2n) is 7.40. The van der Waals surface area contributed by atoms with Crippen LogP contribution in [0.3, 0.4) is 0 Å². The van der Waals surface area contributed by atoms with Crippen molar-refractivity contribution in [3.05, 3.63) is 65.0 Å². The van der Waals surface area contributed by atoms with Crippen LogP contribution in [0.25, 0.3) is 0 Å².